The molecule has 88 valence electrons. The molecule has 0 radical (unpaired) electrons. The van der Waals surface area contributed by atoms with Gasteiger partial charge in [-0.05, 0) is 19.5 Å². The Morgan fingerprint density at radius 1 is 1.50 bits per heavy atom. The topological polar surface area (TPSA) is 29.3 Å². The summed E-state index contributed by atoms with van der Waals surface area (Å²) in [4.78, 5) is 2.43. The van der Waals surface area contributed by atoms with Crippen LogP contribution in [-0.2, 0) is 6.54 Å². The molecule has 0 aliphatic carbocycles. The van der Waals surface area contributed by atoms with Crippen molar-refractivity contribution in [1.82, 2.24) is 4.90 Å². The first-order valence-corrected chi connectivity index (χ1v) is 5.70. The Hall–Kier alpha value is -1.00. The van der Waals surface area contributed by atoms with Crippen molar-refractivity contribution in [2.24, 2.45) is 5.73 Å². The smallest absolute Gasteiger partial charge is 0.127 e. The van der Waals surface area contributed by atoms with E-state index in [0.717, 1.165) is 6.42 Å². The van der Waals surface area contributed by atoms with Crippen LogP contribution >= 0.6 is 12.2 Å². The fraction of sp³-hybridized carbons (Fsp3) is 0.417. The predicted octanol–water partition coefficient (Wildman–Crippen LogP) is 2.32. The van der Waals surface area contributed by atoms with Crippen LogP contribution in [0.3, 0.4) is 0 Å². The van der Waals surface area contributed by atoms with E-state index in [9.17, 15) is 4.39 Å². The highest BCUT2D eigenvalue weighted by Crippen LogP contribution is 2.12. The molecule has 2 nitrogen and oxygen atoms in total. The molecule has 1 unspecified atom stereocenters. The maximum atomic E-state index is 13.4. The van der Waals surface area contributed by atoms with Gasteiger partial charge in [0, 0.05) is 12.1 Å². The van der Waals surface area contributed by atoms with Crippen LogP contribution < -0.4 is 5.73 Å². The summed E-state index contributed by atoms with van der Waals surface area (Å²) in [6.07, 6.45) is 0.834. The second-order valence-corrected chi connectivity index (χ2v) is 4.30. The average molecular weight is 240 g/mol. The first kappa shape index (κ1) is 13.1. The molecule has 0 saturated heterocycles. The minimum atomic E-state index is -0.188. The zero-order chi connectivity index (χ0) is 12.1. The fourth-order valence-electron chi connectivity index (χ4n) is 1.74. The monoisotopic (exact) mass is 240 g/mol. The Morgan fingerprint density at radius 2 is 2.12 bits per heavy atom. The van der Waals surface area contributed by atoms with Crippen LogP contribution in [0.2, 0.25) is 0 Å². The third-order valence-electron chi connectivity index (χ3n) is 2.62. The van der Waals surface area contributed by atoms with Crippen molar-refractivity contribution in [3.63, 3.8) is 0 Å². The summed E-state index contributed by atoms with van der Waals surface area (Å²) in [6.45, 7) is 2.53. The molecule has 0 heterocycles. The molecule has 0 spiro atoms. The zero-order valence-corrected chi connectivity index (χ0v) is 10.4. The Labute approximate surface area is 101 Å². The van der Waals surface area contributed by atoms with E-state index in [1.165, 1.54) is 6.07 Å². The molecule has 1 aromatic rings. The molecular weight excluding hydrogens is 223 g/mol. The number of halogens is 1. The highest BCUT2D eigenvalue weighted by Gasteiger charge is 2.16. The number of rotatable bonds is 5. The van der Waals surface area contributed by atoms with Gasteiger partial charge in [0.2, 0.25) is 0 Å². The quantitative estimate of drug-likeness (QED) is 0.801. The lowest BCUT2D eigenvalue weighted by molar-refractivity contribution is 0.279. The summed E-state index contributed by atoms with van der Waals surface area (Å²) in [5.74, 6) is -0.188. The van der Waals surface area contributed by atoms with Gasteiger partial charge in [0.25, 0.3) is 0 Å². The van der Waals surface area contributed by atoms with Crippen LogP contribution in [-0.4, -0.2) is 23.0 Å². The van der Waals surface area contributed by atoms with E-state index in [1.807, 2.05) is 24.9 Å². The molecule has 1 atom stereocenters. The lowest BCUT2D eigenvalue weighted by Gasteiger charge is -2.26. The number of likely N-dealkylation sites (N-methyl/N-ethyl adjacent to an activating group) is 1. The molecule has 0 amide bonds. The SMILES string of the molecule is CCC(C(N)=S)N(C)Cc1ccccc1F. The molecule has 1 rings (SSSR count). The van der Waals surface area contributed by atoms with Crippen molar-refractivity contribution in [3.05, 3.63) is 35.6 Å². The molecule has 0 saturated carbocycles. The molecule has 2 N–H and O–H groups in total. The largest absolute Gasteiger partial charge is 0.392 e. The van der Waals surface area contributed by atoms with Gasteiger partial charge in [-0.25, -0.2) is 4.39 Å². The Morgan fingerprint density at radius 3 is 2.62 bits per heavy atom. The summed E-state index contributed by atoms with van der Waals surface area (Å²) in [7, 11) is 1.90. The summed E-state index contributed by atoms with van der Waals surface area (Å²) < 4.78 is 13.4. The number of nitrogens with zero attached hydrogens (tertiary/aromatic N) is 1. The van der Waals surface area contributed by atoms with Crippen LogP contribution in [0.4, 0.5) is 4.39 Å². The normalized spacial score (nSPS) is 12.8. The molecule has 1 aromatic carbocycles. The standard InChI is InChI=1S/C12H17FN2S/c1-3-11(12(14)16)15(2)8-9-6-4-5-7-10(9)13/h4-7,11H,3,8H2,1-2H3,(H2,14,16). The van der Waals surface area contributed by atoms with Crippen molar-refractivity contribution < 1.29 is 4.39 Å². The molecule has 0 fully saturated rings. The highest BCUT2D eigenvalue weighted by atomic mass is 32.1. The van der Waals surface area contributed by atoms with Gasteiger partial charge in [-0.1, -0.05) is 37.3 Å². The maximum Gasteiger partial charge on any atom is 0.127 e. The molecule has 0 aliphatic heterocycles. The molecule has 0 aliphatic rings. The number of hydrogen-bond donors (Lipinski definition) is 1. The molecule has 4 heteroatoms. The van der Waals surface area contributed by atoms with Gasteiger partial charge < -0.3 is 5.73 Å². The van der Waals surface area contributed by atoms with Crippen molar-refractivity contribution >= 4 is 17.2 Å². The van der Waals surface area contributed by atoms with Crippen molar-refractivity contribution in [3.8, 4) is 0 Å². The second kappa shape index (κ2) is 5.92. The minimum absolute atomic E-state index is 0.0228. The maximum absolute atomic E-state index is 13.4. The molecule has 0 aromatic heterocycles. The fourth-order valence-corrected chi connectivity index (χ4v) is 2.08. The lowest BCUT2D eigenvalue weighted by Crippen LogP contribution is -2.40. The van der Waals surface area contributed by atoms with Crippen molar-refractivity contribution in [2.45, 2.75) is 25.9 Å². The summed E-state index contributed by atoms with van der Waals surface area (Å²) in [6, 6.07) is 6.77. The summed E-state index contributed by atoms with van der Waals surface area (Å²) in [5.41, 5.74) is 6.30. The Kier molecular flexibility index (Phi) is 4.83. The molecule has 0 bridgehead atoms. The van der Waals surface area contributed by atoms with E-state index in [1.54, 1.807) is 12.1 Å². The third-order valence-corrected chi connectivity index (χ3v) is 2.90. The highest BCUT2D eigenvalue weighted by molar-refractivity contribution is 7.80. The van der Waals surface area contributed by atoms with Gasteiger partial charge in [0.1, 0.15) is 5.82 Å². The van der Waals surface area contributed by atoms with Gasteiger partial charge in [-0.3, -0.25) is 4.90 Å². The number of hydrogen-bond acceptors (Lipinski definition) is 2. The van der Waals surface area contributed by atoms with E-state index in [0.29, 0.717) is 17.1 Å². The molecular formula is C12H17FN2S. The number of benzene rings is 1. The second-order valence-electron chi connectivity index (χ2n) is 3.83. The van der Waals surface area contributed by atoms with E-state index in [-0.39, 0.29) is 11.9 Å². The first-order chi connectivity index (χ1) is 7.56. The van der Waals surface area contributed by atoms with Crippen LogP contribution in [0.5, 0.6) is 0 Å². The van der Waals surface area contributed by atoms with E-state index < -0.39 is 0 Å². The average Bonchev–Trinajstić information content (AvgIpc) is 2.22. The third kappa shape index (κ3) is 3.25. The van der Waals surface area contributed by atoms with Crippen molar-refractivity contribution in [1.29, 1.82) is 0 Å². The minimum Gasteiger partial charge on any atom is -0.392 e. The number of nitrogens with two attached hydrogens (primary N) is 1. The van der Waals surface area contributed by atoms with Crippen LogP contribution in [0.15, 0.2) is 24.3 Å². The van der Waals surface area contributed by atoms with Gasteiger partial charge in [0.05, 0.1) is 11.0 Å². The lowest BCUT2D eigenvalue weighted by atomic mass is 10.1. The first-order valence-electron chi connectivity index (χ1n) is 5.29. The van der Waals surface area contributed by atoms with Crippen LogP contribution in [0.25, 0.3) is 0 Å². The molecule has 16 heavy (non-hydrogen) atoms. The van der Waals surface area contributed by atoms with E-state index in [4.69, 9.17) is 18.0 Å². The summed E-state index contributed by atoms with van der Waals surface area (Å²) >= 11 is 4.98. The summed E-state index contributed by atoms with van der Waals surface area (Å²) in [5, 5.41) is 0. The van der Waals surface area contributed by atoms with Crippen LogP contribution in [0.1, 0.15) is 18.9 Å². The predicted molar refractivity (Wildman–Crippen MR) is 68.7 cm³/mol. The van der Waals surface area contributed by atoms with E-state index >= 15 is 0 Å². The van der Waals surface area contributed by atoms with Crippen molar-refractivity contribution in [2.75, 3.05) is 7.05 Å². The Balaban J connectivity index is 2.74. The van der Waals surface area contributed by atoms with Gasteiger partial charge in [-0.2, -0.15) is 0 Å². The van der Waals surface area contributed by atoms with Crippen LogP contribution in [0, 0.1) is 5.82 Å². The van der Waals surface area contributed by atoms with Gasteiger partial charge in [0.15, 0.2) is 0 Å². The number of thiocarbonyl (C=S) groups is 1. The van der Waals surface area contributed by atoms with E-state index in [2.05, 4.69) is 0 Å². The zero-order valence-electron chi connectivity index (χ0n) is 9.61. The Bertz CT molecular complexity index is 368. The van der Waals surface area contributed by atoms with Gasteiger partial charge in [-0.15, -0.1) is 0 Å². The van der Waals surface area contributed by atoms with Gasteiger partial charge >= 0.3 is 0 Å².